The zero-order valence-electron chi connectivity index (χ0n) is 58.8. The molecule has 0 aliphatic heterocycles. The number of aliphatic hydroxyl groups is 1. The molecule has 90 heavy (non-hydrogen) atoms. The van der Waals surface area contributed by atoms with Crippen molar-refractivity contribution in [1.29, 1.82) is 0 Å². The Morgan fingerprint density at radius 2 is 0.500 bits per heavy atom. The van der Waals surface area contributed by atoms with E-state index in [-0.39, 0.29) is 25.7 Å². The number of hydrogen-bond acceptors (Lipinski definition) is 15. The first kappa shape index (κ1) is 88.1. The molecule has 0 saturated heterocycles. The maximum absolute atomic E-state index is 13.0. The molecule has 9 atom stereocenters. The first-order chi connectivity index (χ1) is 43.2. The molecule has 0 aromatic carbocycles. The Morgan fingerprint density at radius 1 is 0.300 bits per heavy atom. The van der Waals surface area contributed by atoms with E-state index in [1.807, 2.05) is 0 Å². The summed E-state index contributed by atoms with van der Waals surface area (Å²) in [5.41, 5.74) is 0. The Balaban J connectivity index is 5.28. The van der Waals surface area contributed by atoms with Gasteiger partial charge in [-0.1, -0.05) is 299 Å². The van der Waals surface area contributed by atoms with Gasteiger partial charge in [-0.05, 0) is 49.4 Å². The quantitative estimate of drug-likeness (QED) is 0.0222. The fourth-order valence-corrected chi connectivity index (χ4v) is 12.1. The van der Waals surface area contributed by atoms with E-state index in [1.54, 1.807) is 0 Å². The van der Waals surface area contributed by atoms with Crippen molar-refractivity contribution in [2.75, 3.05) is 39.6 Å². The van der Waals surface area contributed by atoms with Crippen molar-refractivity contribution in [3.05, 3.63) is 0 Å². The molecule has 0 amide bonds. The van der Waals surface area contributed by atoms with Crippen molar-refractivity contribution in [1.82, 2.24) is 0 Å². The lowest BCUT2D eigenvalue weighted by molar-refractivity contribution is -0.161. The normalized spacial score (nSPS) is 15.5. The first-order valence-electron chi connectivity index (χ1n) is 36.9. The number of phosphoric ester groups is 2. The van der Waals surface area contributed by atoms with E-state index in [4.69, 9.17) is 37.0 Å². The minimum absolute atomic E-state index is 0.104. The smallest absolute Gasteiger partial charge is 0.462 e. The van der Waals surface area contributed by atoms with Gasteiger partial charge in [0.2, 0.25) is 0 Å². The predicted octanol–water partition coefficient (Wildman–Crippen LogP) is 20.1. The van der Waals surface area contributed by atoms with Crippen molar-refractivity contribution in [2.45, 2.75) is 369 Å². The molecule has 0 bridgehead atoms. The zero-order chi connectivity index (χ0) is 66.8. The Kier molecular flexibility index (Phi) is 59.4. The number of carbonyl (C=O) groups excluding carboxylic acids is 4. The third kappa shape index (κ3) is 59.8. The van der Waals surface area contributed by atoms with E-state index in [9.17, 15) is 43.2 Å². The average molecular weight is 1330 g/mol. The summed E-state index contributed by atoms with van der Waals surface area (Å²) in [6.07, 6.45) is 42.8. The van der Waals surface area contributed by atoms with Crippen molar-refractivity contribution < 1.29 is 80.2 Å². The number of hydrogen-bond donors (Lipinski definition) is 3. The van der Waals surface area contributed by atoms with E-state index in [0.29, 0.717) is 25.7 Å². The lowest BCUT2D eigenvalue weighted by atomic mass is 9.99. The van der Waals surface area contributed by atoms with Gasteiger partial charge in [-0.15, -0.1) is 0 Å². The zero-order valence-corrected chi connectivity index (χ0v) is 60.6. The second kappa shape index (κ2) is 60.7. The van der Waals surface area contributed by atoms with E-state index in [0.717, 1.165) is 120 Å². The van der Waals surface area contributed by atoms with Crippen LogP contribution in [0.3, 0.4) is 0 Å². The van der Waals surface area contributed by atoms with Gasteiger partial charge in [0.05, 0.1) is 26.4 Å². The van der Waals surface area contributed by atoms with Crippen LogP contribution in [0.2, 0.25) is 0 Å². The van der Waals surface area contributed by atoms with Gasteiger partial charge >= 0.3 is 39.5 Å². The standard InChI is InChI=1S/C71H138O17P2/c1-9-61(5)47-39-31-23-17-13-15-19-26-35-43-51-68(73)81-57-66(88-71(76)54-46-38-28-22-21-25-33-41-49-63(7)11-3)59-85-89(77,78)83-55-65(72)56-84-90(79,80)86-60-67(58-82-69(74)52-44-36-30-29-34-42-50-64(8)12-4)87-70(75)53-45-37-27-20-16-14-18-24-32-40-48-62(6)10-2/h61-67,72H,9-60H2,1-8H3,(H,77,78)(H,79,80)/t61?,62?,63?,64?,65-,66-,67-/m1/s1. The highest BCUT2D eigenvalue weighted by molar-refractivity contribution is 7.47. The summed E-state index contributed by atoms with van der Waals surface area (Å²) in [5, 5.41) is 10.6. The summed E-state index contributed by atoms with van der Waals surface area (Å²) in [4.78, 5) is 72.6. The summed E-state index contributed by atoms with van der Waals surface area (Å²) in [6, 6.07) is 0. The summed E-state index contributed by atoms with van der Waals surface area (Å²) in [7, 11) is -9.91. The highest BCUT2D eigenvalue weighted by Crippen LogP contribution is 2.45. The molecule has 0 aliphatic carbocycles. The monoisotopic (exact) mass is 1320 g/mol. The summed E-state index contributed by atoms with van der Waals surface area (Å²) >= 11 is 0. The van der Waals surface area contributed by atoms with Crippen LogP contribution in [-0.4, -0.2) is 96.7 Å². The fourth-order valence-electron chi connectivity index (χ4n) is 10.5. The fraction of sp³-hybridized carbons (Fsp3) is 0.944. The van der Waals surface area contributed by atoms with Crippen LogP contribution in [-0.2, 0) is 65.4 Å². The van der Waals surface area contributed by atoms with Crippen LogP contribution in [0.4, 0.5) is 0 Å². The Bertz CT molecular complexity index is 1790. The van der Waals surface area contributed by atoms with Gasteiger partial charge in [-0.2, -0.15) is 0 Å². The van der Waals surface area contributed by atoms with Crippen LogP contribution in [0, 0.1) is 23.7 Å². The Labute approximate surface area is 549 Å². The molecule has 0 saturated carbocycles. The molecule has 0 fully saturated rings. The third-order valence-corrected chi connectivity index (χ3v) is 19.7. The van der Waals surface area contributed by atoms with Crippen LogP contribution in [0.1, 0.15) is 351 Å². The van der Waals surface area contributed by atoms with E-state index >= 15 is 0 Å². The van der Waals surface area contributed by atoms with Crippen LogP contribution in [0.25, 0.3) is 0 Å². The molecule has 17 nitrogen and oxygen atoms in total. The molecule has 0 radical (unpaired) electrons. The Hall–Kier alpha value is -1.94. The van der Waals surface area contributed by atoms with Crippen LogP contribution in [0.15, 0.2) is 0 Å². The number of unbranched alkanes of at least 4 members (excludes halogenated alkanes) is 30. The lowest BCUT2D eigenvalue weighted by Gasteiger charge is -2.21. The van der Waals surface area contributed by atoms with Gasteiger partial charge in [0.25, 0.3) is 0 Å². The topological polar surface area (TPSA) is 237 Å². The number of carbonyl (C=O) groups is 4. The maximum Gasteiger partial charge on any atom is 0.472 e. The maximum atomic E-state index is 13.0. The molecule has 6 unspecified atom stereocenters. The van der Waals surface area contributed by atoms with Crippen LogP contribution in [0.5, 0.6) is 0 Å². The van der Waals surface area contributed by atoms with Crippen molar-refractivity contribution in [3.8, 4) is 0 Å². The third-order valence-electron chi connectivity index (χ3n) is 17.8. The highest BCUT2D eigenvalue weighted by atomic mass is 31.2. The minimum atomic E-state index is -4.95. The molecule has 19 heteroatoms. The van der Waals surface area contributed by atoms with Gasteiger partial charge in [0, 0.05) is 25.7 Å². The average Bonchev–Trinajstić information content (AvgIpc) is 3.07. The van der Waals surface area contributed by atoms with Gasteiger partial charge in [-0.25, -0.2) is 9.13 Å². The largest absolute Gasteiger partial charge is 0.472 e. The molecule has 0 spiro atoms. The van der Waals surface area contributed by atoms with Crippen LogP contribution >= 0.6 is 15.6 Å². The number of rotatable bonds is 68. The van der Waals surface area contributed by atoms with E-state index in [1.165, 1.54) is 148 Å². The van der Waals surface area contributed by atoms with Crippen LogP contribution < -0.4 is 0 Å². The molecular formula is C71H138O17P2. The molecular weight excluding hydrogens is 1190 g/mol. The van der Waals surface area contributed by atoms with Crippen molar-refractivity contribution >= 4 is 39.5 Å². The molecule has 0 rings (SSSR count). The van der Waals surface area contributed by atoms with Gasteiger partial charge in [0.1, 0.15) is 19.3 Å². The van der Waals surface area contributed by atoms with Gasteiger partial charge in [0.15, 0.2) is 12.2 Å². The summed E-state index contributed by atoms with van der Waals surface area (Å²) in [5.74, 6) is 0.983. The molecule has 0 aromatic heterocycles. The number of esters is 4. The van der Waals surface area contributed by atoms with Gasteiger partial charge in [-0.3, -0.25) is 37.3 Å². The second-order valence-electron chi connectivity index (χ2n) is 26.6. The lowest BCUT2D eigenvalue weighted by Crippen LogP contribution is -2.30. The van der Waals surface area contributed by atoms with E-state index < -0.39 is 97.5 Å². The Morgan fingerprint density at radius 3 is 0.733 bits per heavy atom. The highest BCUT2D eigenvalue weighted by Gasteiger charge is 2.30. The second-order valence-corrected chi connectivity index (χ2v) is 29.5. The molecule has 0 aromatic rings. The molecule has 0 aliphatic rings. The number of aliphatic hydroxyl groups excluding tert-OH is 1. The molecule has 0 heterocycles. The number of ether oxygens (including phenoxy) is 4. The molecule has 3 N–H and O–H groups in total. The summed E-state index contributed by atoms with van der Waals surface area (Å²) < 4.78 is 68.3. The SMILES string of the molecule is CCC(C)CCCCCCCCCCCCC(=O)OC[C@H](COP(=O)(O)OC[C@@H](O)COP(=O)(O)OC[C@@H](COC(=O)CCCCCCCCC(C)CC)OC(=O)CCCCCCCCCCCCC(C)CC)OC(=O)CCCCCCCCCCC(C)CC. The van der Waals surface area contributed by atoms with Gasteiger partial charge < -0.3 is 33.8 Å². The minimum Gasteiger partial charge on any atom is -0.462 e. The molecule has 534 valence electrons. The van der Waals surface area contributed by atoms with Crippen molar-refractivity contribution in [2.24, 2.45) is 23.7 Å². The van der Waals surface area contributed by atoms with Crippen molar-refractivity contribution in [3.63, 3.8) is 0 Å². The van der Waals surface area contributed by atoms with E-state index in [2.05, 4.69) is 55.4 Å². The number of phosphoric acid groups is 2. The first-order valence-corrected chi connectivity index (χ1v) is 39.8. The summed E-state index contributed by atoms with van der Waals surface area (Å²) in [6.45, 7) is 14.2. The predicted molar refractivity (Wildman–Crippen MR) is 363 cm³/mol.